The van der Waals surface area contributed by atoms with E-state index in [1.165, 1.54) is 32.1 Å². The van der Waals surface area contributed by atoms with Crippen molar-refractivity contribution in [2.45, 2.75) is 64.5 Å². The van der Waals surface area contributed by atoms with Crippen LogP contribution in [0.3, 0.4) is 0 Å². The third-order valence-electron chi connectivity index (χ3n) is 4.52. The Morgan fingerprint density at radius 1 is 1.32 bits per heavy atom. The Hall–Kier alpha value is -0.220. The molecule has 3 N–H and O–H groups in total. The fourth-order valence-electron chi connectivity index (χ4n) is 2.91. The summed E-state index contributed by atoms with van der Waals surface area (Å²) in [5.74, 6) is 2.29. The van der Waals surface area contributed by atoms with Crippen molar-refractivity contribution in [3.05, 3.63) is 0 Å². The Balaban J connectivity index is 2.35. The lowest BCUT2D eigenvalue weighted by Crippen LogP contribution is -2.47. The molecule has 0 heterocycles. The van der Waals surface area contributed by atoms with E-state index in [1.807, 2.05) is 6.26 Å². The maximum absolute atomic E-state index is 12.0. The monoisotopic (exact) mass is 286 g/mol. The first-order chi connectivity index (χ1) is 9.06. The van der Waals surface area contributed by atoms with Crippen molar-refractivity contribution >= 4 is 17.7 Å². The Bertz CT molecular complexity index is 267. The maximum atomic E-state index is 12.0. The summed E-state index contributed by atoms with van der Waals surface area (Å²) in [5, 5.41) is 3.11. The minimum Gasteiger partial charge on any atom is -0.352 e. The molecule has 0 spiro atoms. The van der Waals surface area contributed by atoms with Crippen molar-refractivity contribution in [2.75, 3.05) is 12.0 Å². The van der Waals surface area contributed by atoms with Crippen molar-refractivity contribution in [1.29, 1.82) is 0 Å². The first kappa shape index (κ1) is 16.8. The first-order valence-electron chi connectivity index (χ1n) is 7.61. The Kier molecular flexibility index (Phi) is 7.84. The van der Waals surface area contributed by atoms with Gasteiger partial charge in [0.25, 0.3) is 0 Å². The van der Waals surface area contributed by atoms with E-state index in [-0.39, 0.29) is 18.0 Å². The Labute approximate surface area is 122 Å². The van der Waals surface area contributed by atoms with E-state index in [0.29, 0.717) is 5.92 Å². The highest BCUT2D eigenvalue weighted by Crippen LogP contribution is 2.31. The summed E-state index contributed by atoms with van der Waals surface area (Å²) >= 11 is 1.74. The summed E-state index contributed by atoms with van der Waals surface area (Å²) in [7, 11) is 0. The van der Waals surface area contributed by atoms with Gasteiger partial charge in [-0.3, -0.25) is 4.79 Å². The lowest BCUT2D eigenvalue weighted by atomic mass is 9.78. The van der Waals surface area contributed by atoms with Crippen molar-refractivity contribution in [3.63, 3.8) is 0 Å². The first-order valence-corrected chi connectivity index (χ1v) is 9.00. The van der Waals surface area contributed by atoms with Gasteiger partial charge in [-0.1, -0.05) is 39.0 Å². The van der Waals surface area contributed by atoms with E-state index >= 15 is 0 Å². The summed E-state index contributed by atoms with van der Waals surface area (Å²) in [4.78, 5) is 12.0. The van der Waals surface area contributed by atoms with Gasteiger partial charge in [0.15, 0.2) is 0 Å². The second kappa shape index (κ2) is 8.85. The van der Waals surface area contributed by atoms with Crippen LogP contribution in [0.25, 0.3) is 0 Å². The average Bonchev–Trinajstić information content (AvgIpc) is 2.44. The maximum Gasteiger partial charge on any atom is 0.237 e. The normalized spacial score (nSPS) is 21.7. The zero-order chi connectivity index (χ0) is 14.3. The van der Waals surface area contributed by atoms with E-state index in [4.69, 9.17) is 5.73 Å². The molecule has 3 nitrogen and oxygen atoms in total. The fraction of sp³-hybridized carbons (Fsp3) is 0.933. The van der Waals surface area contributed by atoms with Crippen molar-refractivity contribution in [2.24, 2.45) is 17.6 Å². The van der Waals surface area contributed by atoms with Gasteiger partial charge >= 0.3 is 0 Å². The molecule has 0 bridgehead atoms. The van der Waals surface area contributed by atoms with E-state index in [1.54, 1.807) is 11.8 Å². The van der Waals surface area contributed by atoms with E-state index < -0.39 is 0 Å². The second-order valence-electron chi connectivity index (χ2n) is 5.94. The molecule has 1 rings (SSSR count). The highest BCUT2D eigenvalue weighted by atomic mass is 32.2. The van der Waals surface area contributed by atoms with Crippen LogP contribution in [0, 0.1) is 11.8 Å². The van der Waals surface area contributed by atoms with Gasteiger partial charge in [-0.2, -0.15) is 11.8 Å². The largest absolute Gasteiger partial charge is 0.352 e. The smallest absolute Gasteiger partial charge is 0.237 e. The van der Waals surface area contributed by atoms with Crippen LogP contribution in [0.2, 0.25) is 0 Å². The summed E-state index contributed by atoms with van der Waals surface area (Å²) in [6.07, 6.45) is 9.52. The molecule has 1 amide bonds. The minimum absolute atomic E-state index is 0.0178. The number of amides is 1. The number of nitrogens with two attached hydrogens (primary N) is 1. The van der Waals surface area contributed by atoms with Gasteiger partial charge in [-0.25, -0.2) is 0 Å². The van der Waals surface area contributed by atoms with Crippen molar-refractivity contribution < 1.29 is 4.79 Å². The number of rotatable bonds is 7. The zero-order valence-electron chi connectivity index (χ0n) is 12.7. The SMILES string of the molecule is CSCC[C@H](N)C(=O)NC(C)C(C)C1CCCCC1. The molecular weight excluding hydrogens is 256 g/mol. The number of hydrogen-bond donors (Lipinski definition) is 2. The molecule has 0 aromatic carbocycles. The summed E-state index contributed by atoms with van der Waals surface area (Å²) in [6, 6.07) is -0.121. The van der Waals surface area contributed by atoms with Crippen LogP contribution in [0.1, 0.15) is 52.4 Å². The molecule has 112 valence electrons. The van der Waals surface area contributed by atoms with Crippen LogP contribution in [-0.4, -0.2) is 30.0 Å². The van der Waals surface area contributed by atoms with Crippen LogP contribution < -0.4 is 11.1 Å². The van der Waals surface area contributed by atoms with Gasteiger partial charge in [0.05, 0.1) is 6.04 Å². The molecule has 1 aliphatic rings. The van der Waals surface area contributed by atoms with Crippen LogP contribution in [0.15, 0.2) is 0 Å². The van der Waals surface area contributed by atoms with Crippen LogP contribution >= 0.6 is 11.8 Å². The number of thioether (sulfide) groups is 1. The van der Waals surface area contributed by atoms with Gasteiger partial charge in [0.2, 0.25) is 5.91 Å². The second-order valence-corrected chi connectivity index (χ2v) is 6.93. The molecule has 0 aliphatic heterocycles. The number of hydrogen-bond acceptors (Lipinski definition) is 3. The third kappa shape index (κ3) is 5.74. The molecule has 19 heavy (non-hydrogen) atoms. The average molecular weight is 286 g/mol. The van der Waals surface area contributed by atoms with E-state index in [9.17, 15) is 4.79 Å². The highest BCUT2D eigenvalue weighted by Gasteiger charge is 2.26. The zero-order valence-corrected chi connectivity index (χ0v) is 13.5. The van der Waals surface area contributed by atoms with Crippen LogP contribution in [-0.2, 0) is 4.79 Å². The summed E-state index contributed by atoms with van der Waals surface area (Å²) < 4.78 is 0. The molecule has 2 unspecified atom stereocenters. The van der Waals surface area contributed by atoms with Gasteiger partial charge in [-0.15, -0.1) is 0 Å². The van der Waals surface area contributed by atoms with Crippen molar-refractivity contribution in [3.8, 4) is 0 Å². The third-order valence-corrected chi connectivity index (χ3v) is 5.17. The minimum atomic E-state index is -0.353. The quantitative estimate of drug-likeness (QED) is 0.756. The number of carbonyl (C=O) groups is 1. The standard InChI is InChI=1S/C15H30N2OS/c1-11(13-7-5-4-6-8-13)12(2)17-15(18)14(16)9-10-19-3/h11-14H,4-10,16H2,1-3H3,(H,17,18)/t11?,12?,14-/m0/s1. The Morgan fingerprint density at radius 2 is 1.95 bits per heavy atom. The van der Waals surface area contributed by atoms with Gasteiger partial charge in [0, 0.05) is 6.04 Å². The molecule has 0 aromatic heterocycles. The number of nitrogens with one attached hydrogen (secondary N) is 1. The topological polar surface area (TPSA) is 55.1 Å². The lowest BCUT2D eigenvalue weighted by molar-refractivity contribution is -0.123. The molecule has 0 radical (unpaired) electrons. The molecule has 1 fully saturated rings. The summed E-state index contributed by atoms with van der Waals surface area (Å²) in [5.41, 5.74) is 5.90. The fourth-order valence-corrected chi connectivity index (χ4v) is 3.40. The molecule has 4 heteroatoms. The highest BCUT2D eigenvalue weighted by molar-refractivity contribution is 7.98. The molecule has 0 saturated heterocycles. The van der Waals surface area contributed by atoms with Crippen LogP contribution in [0.5, 0.6) is 0 Å². The predicted molar refractivity (Wildman–Crippen MR) is 84.3 cm³/mol. The lowest BCUT2D eigenvalue weighted by Gasteiger charge is -2.32. The molecular formula is C15H30N2OS. The number of carbonyl (C=O) groups excluding carboxylic acids is 1. The molecule has 1 saturated carbocycles. The van der Waals surface area contributed by atoms with Gasteiger partial charge < -0.3 is 11.1 Å². The van der Waals surface area contributed by atoms with E-state index in [0.717, 1.165) is 18.1 Å². The summed E-state index contributed by atoms with van der Waals surface area (Å²) in [6.45, 7) is 4.40. The van der Waals surface area contributed by atoms with Gasteiger partial charge in [0.1, 0.15) is 0 Å². The molecule has 3 atom stereocenters. The van der Waals surface area contributed by atoms with Crippen LogP contribution in [0.4, 0.5) is 0 Å². The van der Waals surface area contributed by atoms with Gasteiger partial charge in [-0.05, 0) is 37.2 Å². The molecule has 0 aromatic rings. The van der Waals surface area contributed by atoms with E-state index in [2.05, 4.69) is 19.2 Å². The van der Waals surface area contributed by atoms with Crippen molar-refractivity contribution in [1.82, 2.24) is 5.32 Å². The molecule has 1 aliphatic carbocycles. The predicted octanol–water partition coefficient (Wildman–Crippen LogP) is 2.79. The Morgan fingerprint density at radius 3 is 2.53 bits per heavy atom.